The number of nitrogens with zero attached hydrogens (tertiary/aromatic N) is 2. The van der Waals surface area contributed by atoms with Gasteiger partial charge in [0.15, 0.2) is 0 Å². The molecule has 0 saturated carbocycles. The van der Waals surface area contributed by atoms with Gasteiger partial charge in [0, 0.05) is 5.57 Å². The van der Waals surface area contributed by atoms with Gasteiger partial charge < -0.3 is 5.73 Å². The summed E-state index contributed by atoms with van der Waals surface area (Å²) in [7, 11) is 0. The molecule has 0 radical (unpaired) electrons. The molecule has 0 spiro atoms. The molecule has 0 heterocycles. The number of allylic oxidation sites excluding steroid dienone is 2. The molecule has 60 valence electrons. The van der Waals surface area contributed by atoms with Crippen molar-refractivity contribution in [2.24, 2.45) is 5.73 Å². The fourth-order valence-electron chi connectivity index (χ4n) is 1.05. The molecule has 1 aliphatic carbocycles. The average molecular weight is 159 g/mol. The summed E-state index contributed by atoms with van der Waals surface area (Å²) in [5.41, 5.74) is 6.20. The third-order valence-electron chi connectivity index (χ3n) is 1.91. The van der Waals surface area contributed by atoms with Crippen LogP contribution in [0.2, 0.25) is 0 Å². The van der Waals surface area contributed by atoms with Gasteiger partial charge in [-0.05, 0) is 19.4 Å². The van der Waals surface area contributed by atoms with E-state index in [4.69, 9.17) is 16.3 Å². The molecule has 0 saturated heterocycles. The Balaban J connectivity index is 3.06. The zero-order chi connectivity index (χ0) is 9.19. The van der Waals surface area contributed by atoms with Crippen LogP contribution in [0.5, 0.6) is 0 Å². The van der Waals surface area contributed by atoms with Gasteiger partial charge >= 0.3 is 0 Å². The summed E-state index contributed by atoms with van der Waals surface area (Å²) in [5, 5.41) is 17.3. The fourth-order valence-corrected chi connectivity index (χ4v) is 1.05. The third kappa shape index (κ3) is 1.37. The Morgan fingerprint density at radius 3 is 2.67 bits per heavy atom. The van der Waals surface area contributed by atoms with E-state index in [0.29, 0.717) is 17.6 Å². The predicted octanol–water partition coefficient (Wildman–Crippen LogP) is 1.01. The maximum atomic E-state index is 8.71. The Bertz CT molecular complexity index is 334. The number of nitrogens with two attached hydrogens (primary N) is 1. The highest BCUT2D eigenvalue weighted by Crippen LogP contribution is 2.24. The molecule has 0 aromatic rings. The number of rotatable bonds is 0. The average Bonchev–Trinajstić information content (AvgIpc) is 2.04. The van der Waals surface area contributed by atoms with Crippen molar-refractivity contribution < 1.29 is 0 Å². The third-order valence-corrected chi connectivity index (χ3v) is 1.91. The summed E-state index contributed by atoms with van der Waals surface area (Å²) in [6, 6.07) is 3.99. The first-order chi connectivity index (χ1) is 5.60. The molecule has 3 nitrogen and oxygen atoms in total. The second kappa shape index (κ2) is 2.81. The van der Waals surface area contributed by atoms with Gasteiger partial charge in [-0.1, -0.05) is 6.08 Å². The molecule has 1 rings (SSSR count). The molecule has 0 bridgehead atoms. The molecule has 12 heavy (non-hydrogen) atoms. The highest BCUT2D eigenvalue weighted by atomic mass is 14.7. The van der Waals surface area contributed by atoms with Gasteiger partial charge in [-0.25, -0.2) is 0 Å². The maximum absolute atomic E-state index is 8.71. The van der Waals surface area contributed by atoms with E-state index in [1.54, 1.807) is 19.1 Å². The molecule has 0 aliphatic heterocycles. The second-order valence-electron chi connectivity index (χ2n) is 3.06. The van der Waals surface area contributed by atoms with Crippen LogP contribution in [-0.4, -0.2) is 5.54 Å². The van der Waals surface area contributed by atoms with Gasteiger partial charge in [0.1, 0.15) is 0 Å². The van der Waals surface area contributed by atoms with E-state index in [1.165, 1.54) is 0 Å². The molecule has 0 aromatic carbocycles. The van der Waals surface area contributed by atoms with Crippen molar-refractivity contribution in [3.05, 3.63) is 23.3 Å². The van der Waals surface area contributed by atoms with Crippen LogP contribution in [0.25, 0.3) is 0 Å². The molecule has 0 fully saturated rings. The summed E-state index contributed by atoms with van der Waals surface area (Å²) in [5.74, 6) is 0. The molecule has 0 amide bonds. The lowest BCUT2D eigenvalue weighted by Crippen LogP contribution is -2.38. The summed E-state index contributed by atoms with van der Waals surface area (Å²) >= 11 is 0. The van der Waals surface area contributed by atoms with Crippen molar-refractivity contribution in [2.75, 3.05) is 0 Å². The lowest BCUT2D eigenvalue weighted by molar-refractivity contribution is 0.565. The minimum atomic E-state index is -0.602. The van der Waals surface area contributed by atoms with Crippen LogP contribution in [0.4, 0.5) is 0 Å². The van der Waals surface area contributed by atoms with Gasteiger partial charge in [0.05, 0.1) is 23.3 Å². The SMILES string of the molecule is CC1(N)CC=C(C#N)C=C1C#N. The zero-order valence-electron chi connectivity index (χ0n) is 6.83. The van der Waals surface area contributed by atoms with Crippen LogP contribution in [-0.2, 0) is 0 Å². The lowest BCUT2D eigenvalue weighted by atomic mass is 9.84. The number of nitriles is 2. The minimum absolute atomic E-state index is 0.474. The first-order valence-electron chi connectivity index (χ1n) is 3.61. The molecular formula is C9H9N3. The Labute approximate surface area is 71.4 Å². The van der Waals surface area contributed by atoms with Crippen LogP contribution < -0.4 is 5.73 Å². The van der Waals surface area contributed by atoms with Crippen molar-refractivity contribution in [2.45, 2.75) is 18.9 Å². The van der Waals surface area contributed by atoms with Crippen molar-refractivity contribution in [1.29, 1.82) is 10.5 Å². The van der Waals surface area contributed by atoms with Crippen LogP contribution in [0.15, 0.2) is 23.3 Å². The number of hydrogen-bond donors (Lipinski definition) is 1. The standard InChI is InChI=1S/C9H9N3/c1-9(12)3-2-7(5-10)4-8(9)6-11/h2,4H,3,12H2,1H3. The van der Waals surface area contributed by atoms with Crippen molar-refractivity contribution in [1.82, 2.24) is 0 Å². The first-order valence-corrected chi connectivity index (χ1v) is 3.61. The van der Waals surface area contributed by atoms with E-state index < -0.39 is 5.54 Å². The maximum Gasteiger partial charge on any atom is 0.0988 e. The molecule has 1 atom stereocenters. The first kappa shape index (κ1) is 8.52. The van der Waals surface area contributed by atoms with E-state index in [-0.39, 0.29) is 0 Å². The minimum Gasteiger partial charge on any atom is -0.321 e. The largest absolute Gasteiger partial charge is 0.321 e. The van der Waals surface area contributed by atoms with E-state index in [0.717, 1.165) is 0 Å². The fraction of sp³-hybridized carbons (Fsp3) is 0.333. The van der Waals surface area contributed by atoms with Crippen molar-refractivity contribution in [3.8, 4) is 12.1 Å². The second-order valence-corrected chi connectivity index (χ2v) is 3.06. The number of hydrogen-bond acceptors (Lipinski definition) is 3. The van der Waals surface area contributed by atoms with E-state index in [1.807, 2.05) is 12.1 Å². The van der Waals surface area contributed by atoms with Gasteiger partial charge in [0.25, 0.3) is 0 Å². The van der Waals surface area contributed by atoms with Crippen LogP contribution >= 0.6 is 0 Å². The molecule has 3 heteroatoms. The Kier molecular flexibility index (Phi) is 1.99. The van der Waals surface area contributed by atoms with Crippen LogP contribution in [0.1, 0.15) is 13.3 Å². The van der Waals surface area contributed by atoms with Gasteiger partial charge in [-0.15, -0.1) is 0 Å². The van der Waals surface area contributed by atoms with Crippen molar-refractivity contribution >= 4 is 0 Å². The predicted molar refractivity (Wildman–Crippen MR) is 44.6 cm³/mol. The molecule has 0 aromatic heterocycles. The molecular weight excluding hydrogens is 150 g/mol. The normalized spacial score (nSPS) is 28.0. The molecule has 2 N–H and O–H groups in total. The topological polar surface area (TPSA) is 73.6 Å². The van der Waals surface area contributed by atoms with E-state index >= 15 is 0 Å². The molecule has 1 aliphatic rings. The van der Waals surface area contributed by atoms with Gasteiger partial charge in [-0.3, -0.25) is 0 Å². The highest BCUT2D eigenvalue weighted by molar-refractivity contribution is 5.48. The van der Waals surface area contributed by atoms with Gasteiger partial charge in [0.2, 0.25) is 0 Å². The Hall–Kier alpha value is -1.58. The monoisotopic (exact) mass is 159 g/mol. The summed E-state index contributed by atoms with van der Waals surface area (Å²) in [6.45, 7) is 1.78. The molecule has 1 unspecified atom stereocenters. The summed E-state index contributed by atoms with van der Waals surface area (Å²) in [6.07, 6.45) is 3.85. The van der Waals surface area contributed by atoms with Gasteiger partial charge in [-0.2, -0.15) is 10.5 Å². The van der Waals surface area contributed by atoms with E-state index in [9.17, 15) is 0 Å². The summed E-state index contributed by atoms with van der Waals surface area (Å²) in [4.78, 5) is 0. The summed E-state index contributed by atoms with van der Waals surface area (Å²) < 4.78 is 0. The quantitative estimate of drug-likeness (QED) is 0.573. The van der Waals surface area contributed by atoms with Crippen LogP contribution in [0.3, 0.4) is 0 Å². The highest BCUT2D eigenvalue weighted by Gasteiger charge is 2.26. The zero-order valence-corrected chi connectivity index (χ0v) is 6.83. The van der Waals surface area contributed by atoms with Crippen LogP contribution in [0, 0.1) is 22.7 Å². The van der Waals surface area contributed by atoms with E-state index in [2.05, 4.69) is 0 Å². The Morgan fingerprint density at radius 2 is 2.17 bits per heavy atom. The smallest absolute Gasteiger partial charge is 0.0988 e. The Morgan fingerprint density at radius 1 is 1.50 bits per heavy atom. The lowest BCUT2D eigenvalue weighted by Gasteiger charge is -2.24. The van der Waals surface area contributed by atoms with Crippen molar-refractivity contribution in [3.63, 3.8) is 0 Å².